The Bertz CT molecular complexity index is 741. The fourth-order valence-electron chi connectivity index (χ4n) is 2.40. The van der Waals surface area contributed by atoms with Crippen molar-refractivity contribution < 1.29 is 18.0 Å². The standard InChI is InChI=1S/C17H20F3N3O/c1-4-23-15(8-11(22-23)7-10(2)3)17(24)21-9-12-13(18)5-6-14(19)16(12)20/h5-6,8,10H,4,7,9H2,1-3H3,(H,21,24). The van der Waals surface area contributed by atoms with Crippen molar-refractivity contribution in [2.45, 2.75) is 40.3 Å². The Morgan fingerprint density at radius 2 is 1.92 bits per heavy atom. The summed E-state index contributed by atoms with van der Waals surface area (Å²) in [5, 5.41) is 6.76. The van der Waals surface area contributed by atoms with E-state index in [0.29, 0.717) is 24.2 Å². The van der Waals surface area contributed by atoms with E-state index in [1.807, 2.05) is 20.8 Å². The average molecular weight is 339 g/mol. The minimum absolute atomic E-state index is 0.311. The normalized spacial score (nSPS) is 11.1. The molecule has 0 aliphatic heterocycles. The lowest BCUT2D eigenvalue weighted by Gasteiger charge is -2.08. The van der Waals surface area contributed by atoms with Gasteiger partial charge in [-0.25, -0.2) is 13.2 Å². The van der Waals surface area contributed by atoms with E-state index in [1.54, 1.807) is 6.07 Å². The summed E-state index contributed by atoms with van der Waals surface area (Å²) < 4.78 is 41.9. The van der Waals surface area contributed by atoms with Gasteiger partial charge in [0.1, 0.15) is 11.5 Å². The first-order valence-electron chi connectivity index (χ1n) is 7.80. The summed E-state index contributed by atoms with van der Waals surface area (Å²) in [5.41, 5.74) is 0.582. The molecule has 4 nitrogen and oxygen atoms in total. The number of aryl methyl sites for hydroxylation is 1. The van der Waals surface area contributed by atoms with Crippen LogP contribution in [0.3, 0.4) is 0 Å². The summed E-state index contributed by atoms with van der Waals surface area (Å²) in [7, 11) is 0. The van der Waals surface area contributed by atoms with E-state index in [1.165, 1.54) is 4.68 Å². The predicted octanol–water partition coefficient (Wildman–Crippen LogP) is 3.45. The topological polar surface area (TPSA) is 46.9 Å². The van der Waals surface area contributed by atoms with Crippen molar-refractivity contribution in [3.05, 3.63) is 52.6 Å². The van der Waals surface area contributed by atoms with Crippen LogP contribution in [0.4, 0.5) is 13.2 Å². The van der Waals surface area contributed by atoms with Crippen LogP contribution in [0.15, 0.2) is 18.2 Å². The molecule has 24 heavy (non-hydrogen) atoms. The monoisotopic (exact) mass is 339 g/mol. The van der Waals surface area contributed by atoms with Crippen LogP contribution in [0.25, 0.3) is 0 Å². The molecule has 2 aromatic rings. The summed E-state index contributed by atoms with van der Waals surface area (Å²) in [6.45, 7) is 5.97. The molecule has 2 rings (SSSR count). The van der Waals surface area contributed by atoms with Gasteiger partial charge in [-0.05, 0) is 37.5 Å². The molecule has 0 fully saturated rings. The SMILES string of the molecule is CCn1nc(CC(C)C)cc1C(=O)NCc1c(F)ccc(F)c1F. The summed E-state index contributed by atoms with van der Waals surface area (Å²) in [6, 6.07) is 3.20. The molecule has 1 heterocycles. The predicted molar refractivity (Wildman–Crippen MR) is 83.9 cm³/mol. The minimum Gasteiger partial charge on any atom is -0.346 e. The van der Waals surface area contributed by atoms with E-state index in [-0.39, 0.29) is 0 Å². The minimum atomic E-state index is -1.29. The summed E-state index contributed by atoms with van der Waals surface area (Å²) in [6.07, 6.45) is 0.723. The number of rotatable bonds is 6. The number of nitrogens with zero attached hydrogens (tertiary/aromatic N) is 2. The molecule has 1 aromatic carbocycles. The molecule has 0 aliphatic carbocycles. The van der Waals surface area contributed by atoms with E-state index < -0.39 is 35.5 Å². The van der Waals surface area contributed by atoms with Gasteiger partial charge < -0.3 is 5.32 Å². The van der Waals surface area contributed by atoms with Gasteiger partial charge in [-0.2, -0.15) is 5.10 Å². The number of hydrogen-bond acceptors (Lipinski definition) is 2. The van der Waals surface area contributed by atoms with Crippen LogP contribution in [0.1, 0.15) is 42.5 Å². The molecule has 0 aliphatic rings. The van der Waals surface area contributed by atoms with Crippen LogP contribution in [0.5, 0.6) is 0 Å². The number of carbonyl (C=O) groups is 1. The largest absolute Gasteiger partial charge is 0.346 e. The van der Waals surface area contributed by atoms with Crippen molar-refractivity contribution in [2.75, 3.05) is 0 Å². The lowest BCUT2D eigenvalue weighted by molar-refractivity contribution is 0.0939. The number of carbonyl (C=O) groups excluding carboxylic acids is 1. The molecule has 0 spiro atoms. The highest BCUT2D eigenvalue weighted by Gasteiger charge is 2.18. The Labute approximate surface area is 138 Å². The van der Waals surface area contributed by atoms with Gasteiger partial charge in [0.05, 0.1) is 5.69 Å². The second-order valence-electron chi connectivity index (χ2n) is 5.94. The van der Waals surface area contributed by atoms with Gasteiger partial charge in [-0.3, -0.25) is 9.48 Å². The second kappa shape index (κ2) is 7.51. The second-order valence-corrected chi connectivity index (χ2v) is 5.94. The number of nitrogens with one attached hydrogen (secondary N) is 1. The molecule has 1 aromatic heterocycles. The van der Waals surface area contributed by atoms with Gasteiger partial charge in [0.15, 0.2) is 11.6 Å². The van der Waals surface area contributed by atoms with Crippen LogP contribution >= 0.6 is 0 Å². The third kappa shape index (κ3) is 3.96. The fraction of sp³-hybridized carbons (Fsp3) is 0.412. The zero-order valence-electron chi connectivity index (χ0n) is 13.9. The molecule has 1 N–H and O–H groups in total. The molecule has 0 radical (unpaired) electrons. The van der Waals surface area contributed by atoms with Gasteiger partial charge in [-0.15, -0.1) is 0 Å². The van der Waals surface area contributed by atoms with E-state index in [0.717, 1.165) is 18.2 Å². The van der Waals surface area contributed by atoms with Gasteiger partial charge in [0.25, 0.3) is 5.91 Å². The number of aromatic nitrogens is 2. The molecule has 7 heteroatoms. The quantitative estimate of drug-likeness (QED) is 0.820. The summed E-state index contributed by atoms with van der Waals surface area (Å²) in [5.74, 6) is -3.48. The Balaban J connectivity index is 2.16. The number of hydrogen-bond donors (Lipinski definition) is 1. The van der Waals surface area contributed by atoms with E-state index >= 15 is 0 Å². The van der Waals surface area contributed by atoms with E-state index in [4.69, 9.17) is 0 Å². The van der Waals surface area contributed by atoms with Crippen molar-refractivity contribution in [1.29, 1.82) is 0 Å². The highest BCUT2D eigenvalue weighted by molar-refractivity contribution is 5.92. The first-order valence-corrected chi connectivity index (χ1v) is 7.80. The van der Waals surface area contributed by atoms with Crippen molar-refractivity contribution in [2.24, 2.45) is 5.92 Å². The zero-order chi connectivity index (χ0) is 17.9. The first-order chi connectivity index (χ1) is 11.3. The van der Waals surface area contributed by atoms with Crippen molar-refractivity contribution in [1.82, 2.24) is 15.1 Å². The lowest BCUT2D eigenvalue weighted by Crippen LogP contribution is -2.26. The Kier molecular flexibility index (Phi) is 5.64. The zero-order valence-corrected chi connectivity index (χ0v) is 13.9. The summed E-state index contributed by atoms with van der Waals surface area (Å²) >= 11 is 0. The van der Waals surface area contributed by atoms with Crippen molar-refractivity contribution in [3.8, 4) is 0 Å². The number of halogens is 3. The van der Waals surface area contributed by atoms with Crippen LogP contribution < -0.4 is 5.32 Å². The third-order valence-corrected chi connectivity index (χ3v) is 3.54. The maximum Gasteiger partial charge on any atom is 0.269 e. The maximum atomic E-state index is 13.6. The van der Waals surface area contributed by atoms with Crippen molar-refractivity contribution >= 4 is 5.91 Å². The molecular weight excluding hydrogens is 319 g/mol. The van der Waals surface area contributed by atoms with Crippen LogP contribution in [0.2, 0.25) is 0 Å². The van der Waals surface area contributed by atoms with Gasteiger partial charge >= 0.3 is 0 Å². The lowest BCUT2D eigenvalue weighted by atomic mass is 10.1. The van der Waals surface area contributed by atoms with Crippen LogP contribution in [-0.4, -0.2) is 15.7 Å². The Morgan fingerprint density at radius 1 is 1.25 bits per heavy atom. The smallest absolute Gasteiger partial charge is 0.269 e. The highest BCUT2D eigenvalue weighted by atomic mass is 19.2. The van der Waals surface area contributed by atoms with Gasteiger partial charge in [0, 0.05) is 18.7 Å². The molecule has 0 saturated heterocycles. The number of amides is 1. The van der Waals surface area contributed by atoms with Gasteiger partial charge in [0.2, 0.25) is 0 Å². The third-order valence-electron chi connectivity index (χ3n) is 3.54. The highest BCUT2D eigenvalue weighted by Crippen LogP contribution is 2.16. The average Bonchev–Trinajstić information content (AvgIpc) is 2.93. The Hall–Kier alpha value is -2.31. The summed E-state index contributed by atoms with van der Waals surface area (Å²) in [4.78, 5) is 12.3. The van der Waals surface area contributed by atoms with Crippen LogP contribution in [0, 0.1) is 23.4 Å². The van der Waals surface area contributed by atoms with Gasteiger partial charge in [-0.1, -0.05) is 13.8 Å². The molecule has 0 atom stereocenters. The molecule has 0 unspecified atom stereocenters. The molecular formula is C17H20F3N3O. The first kappa shape index (κ1) is 18.0. The van der Waals surface area contributed by atoms with E-state index in [9.17, 15) is 18.0 Å². The maximum absolute atomic E-state index is 13.6. The van der Waals surface area contributed by atoms with Crippen molar-refractivity contribution in [3.63, 3.8) is 0 Å². The number of benzene rings is 1. The molecule has 130 valence electrons. The molecule has 0 saturated carbocycles. The van der Waals surface area contributed by atoms with Crippen LogP contribution in [-0.2, 0) is 19.5 Å². The fourth-order valence-corrected chi connectivity index (χ4v) is 2.40. The Morgan fingerprint density at radius 3 is 2.54 bits per heavy atom. The molecule has 0 bridgehead atoms. The molecule has 1 amide bonds. The van der Waals surface area contributed by atoms with E-state index in [2.05, 4.69) is 10.4 Å².